The van der Waals surface area contributed by atoms with Crippen LogP contribution in [0.1, 0.15) is 33.6 Å². The molecule has 0 aliphatic carbocycles. The van der Waals surface area contributed by atoms with Crippen LogP contribution in [0.3, 0.4) is 0 Å². The third-order valence-electron chi connectivity index (χ3n) is 3.95. The first-order valence-electron chi connectivity index (χ1n) is 7.43. The van der Waals surface area contributed by atoms with Crippen molar-refractivity contribution in [3.63, 3.8) is 0 Å². The van der Waals surface area contributed by atoms with Gasteiger partial charge in [0, 0.05) is 23.1 Å². The Balaban J connectivity index is 1.85. The van der Waals surface area contributed by atoms with E-state index in [4.69, 9.17) is 5.11 Å². The number of aliphatic hydroxyl groups excluding tert-OH is 1. The molecule has 5 nitrogen and oxygen atoms in total. The van der Waals surface area contributed by atoms with Crippen LogP contribution in [0.4, 0.5) is 0 Å². The lowest BCUT2D eigenvalue weighted by Crippen LogP contribution is -2.41. The summed E-state index contributed by atoms with van der Waals surface area (Å²) in [4.78, 5) is 26.5. The fourth-order valence-corrected chi connectivity index (χ4v) is 2.88. The summed E-state index contributed by atoms with van der Waals surface area (Å²) in [5.74, 6) is -0.436. The number of amides is 2. The topological polar surface area (TPSA) is 69.6 Å². The van der Waals surface area contributed by atoms with Crippen molar-refractivity contribution in [3.8, 4) is 0 Å². The second kappa shape index (κ2) is 6.25. The van der Waals surface area contributed by atoms with Crippen molar-refractivity contribution >= 4 is 22.6 Å². The maximum Gasteiger partial charge on any atom is 0.261 e. The van der Waals surface area contributed by atoms with Gasteiger partial charge in [0.2, 0.25) is 0 Å². The Morgan fingerprint density at radius 1 is 0.955 bits per heavy atom. The van der Waals surface area contributed by atoms with E-state index in [1.54, 1.807) is 12.1 Å². The number of aliphatic hydroxyl groups is 1. The zero-order valence-electron chi connectivity index (χ0n) is 12.2. The van der Waals surface area contributed by atoms with Crippen molar-refractivity contribution < 1.29 is 14.7 Å². The summed E-state index contributed by atoms with van der Waals surface area (Å²) in [6, 6.07) is 11.1. The summed E-state index contributed by atoms with van der Waals surface area (Å²) in [5, 5.41) is 13.2. The Kier molecular flexibility index (Phi) is 4.18. The lowest BCUT2D eigenvalue weighted by molar-refractivity contribution is 0.0607. The molecule has 0 fully saturated rings. The van der Waals surface area contributed by atoms with Crippen LogP contribution >= 0.6 is 0 Å². The third-order valence-corrected chi connectivity index (χ3v) is 3.95. The van der Waals surface area contributed by atoms with Gasteiger partial charge in [-0.2, -0.15) is 0 Å². The van der Waals surface area contributed by atoms with E-state index in [1.165, 1.54) is 4.90 Å². The summed E-state index contributed by atoms with van der Waals surface area (Å²) in [5.41, 5.74) is 1.20. The number of nitrogens with one attached hydrogen (secondary N) is 1. The molecule has 0 saturated carbocycles. The lowest BCUT2D eigenvalue weighted by atomic mass is 9.94. The van der Waals surface area contributed by atoms with Gasteiger partial charge in [0.25, 0.3) is 11.8 Å². The SMILES string of the molecule is O=C1c2cccc3cccc(c23)C(=O)N1CCCCNCO. The number of nitrogens with zero attached hydrogens (tertiary/aromatic N) is 1. The van der Waals surface area contributed by atoms with Crippen LogP contribution in [0.5, 0.6) is 0 Å². The van der Waals surface area contributed by atoms with Crippen LogP contribution in [-0.4, -0.2) is 41.6 Å². The molecule has 0 unspecified atom stereocenters. The van der Waals surface area contributed by atoms with E-state index in [9.17, 15) is 9.59 Å². The maximum atomic E-state index is 12.6. The predicted molar refractivity (Wildman–Crippen MR) is 83.6 cm³/mol. The average molecular weight is 298 g/mol. The molecule has 0 saturated heterocycles. The average Bonchev–Trinajstić information content (AvgIpc) is 2.55. The van der Waals surface area contributed by atoms with Gasteiger partial charge in [0.05, 0.1) is 6.73 Å². The number of carbonyl (C=O) groups is 2. The summed E-state index contributed by atoms with van der Waals surface area (Å²) in [6.45, 7) is 1.01. The molecule has 0 radical (unpaired) electrons. The second-order valence-corrected chi connectivity index (χ2v) is 5.34. The summed E-state index contributed by atoms with van der Waals surface area (Å²) in [7, 11) is 0. The van der Waals surface area contributed by atoms with E-state index in [-0.39, 0.29) is 18.5 Å². The van der Waals surface area contributed by atoms with E-state index in [1.807, 2.05) is 24.3 Å². The molecule has 0 bridgehead atoms. The Hall–Kier alpha value is -2.24. The normalized spacial score (nSPS) is 14.0. The van der Waals surface area contributed by atoms with Crippen molar-refractivity contribution in [2.45, 2.75) is 12.8 Å². The van der Waals surface area contributed by atoms with Crippen LogP contribution in [0.25, 0.3) is 10.8 Å². The summed E-state index contributed by atoms with van der Waals surface area (Å²) < 4.78 is 0. The van der Waals surface area contributed by atoms with Gasteiger partial charge in [-0.3, -0.25) is 19.8 Å². The highest BCUT2D eigenvalue weighted by atomic mass is 16.3. The number of rotatable bonds is 6. The molecule has 5 heteroatoms. The fourth-order valence-electron chi connectivity index (χ4n) is 2.88. The minimum atomic E-state index is -0.218. The van der Waals surface area contributed by atoms with Gasteiger partial charge in [-0.05, 0) is 36.9 Å². The van der Waals surface area contributed by atoms with E-state index < -0.39 is 0 Å². The molecule has 0 aromatic heterocycles. The van der Waals surface area contributed by atoms with Gasteiger partial charge in [0.15, 0.2) is 0 Å². The van der Waals surface area contributed by atoms with Crippen LogP contribution in [0.15, 0.2) is 36.4 Å². The number of unbranched alkanes of at least 4 members (excludes halogenated alkanes) is 1. The minimum Gasteiger partial charge on any atom is -0.381 e. The molecule has 1 aliphatic heterocycles. The highest BCUT2D eigenvalue weighted by molar-refractivity contribution is 6.25. The lowest BCUT2D eigenvalue weighted by Gasteiger charge is -2.27. The molecule has 114 valence electrons. The van der Waals surface area contributed by atoms with Crippen LogP contribution in [0.2, 0.25) is 0 Å². The van der Waals surface area contributed by atoms with Crippen molar-refractivity contribution in [1.82, 2.24) is 10.2 Å². The number of benzene rings is 2. The quantitative estimate of drug-likeness (QED) is 0.484. The standard InChI is InChI=1S/C17H18N2O3/c20-11-18-9-1-2-10-19-16(21)13-7-3-5-12-6-4-8-14(15(12)13)17(19)22/h3-8,18,20H,1-2,9-11H2. The zero-order valence-corrected chi connectivity index (χ0v) is 12.2. The number of hydrogen-bond donors (Lipinski definition) is 2. The molecular formula is C17H18N2O3. The van der Waals surface area contributed by atoms with Crippen molar-refractivity contribution in [1.29, 1.82) is 0 Å². The highest BCUT2D eigenvalue weighted by Crippen LogP contribution is 2.29. The van der Waals surface area contributed by atoms with Gasteiger partial charge in [0.1, 0.15) is 0 Å². The Labute approximate surface area is 128 Å². The first-order chi connectivity index (χ1) is 10.7. The van der Waals surface area contributed by atoms with Gasteiger partial charge < -0.3 is 5.11 Å². The van der Waals surface area contributed by atoms with Crippen molar-refractivity contribution in [2.75, 3.05) is 19.8 Å². The van der Waals surface area contributed by atoms with Gasteiger partial charge >= 0.3 is 0 Å². The maximum absolute atomic E-state index is 12.6. The largest absolute Gasteiger partial charge is 0.381 e. The van der Waals surface area contributed by atoms with Crippen LogP contribution < -0.4 is 5.32 Å². The molecule has 1 aliphatic rings. The molecule has 0 spiro atoms. The molecular weight excluding hydrogens is 280 g/mol. The number of hydrogen-bond acceptors (Lipinski definition) is 4. The molecule has 2 N–H and O–H groups in total. The van der Waals surface area contributed by atoms with Gasteiger partial charge in [-0.1, -0.05) is 24.3 Å². The van der Waals surface area contributed by atoms with E-state index >= 15 is 0 Å². The summed E-state index contributed by atoms with van der Waals surface area (Å²) >= 11 is 0. The predicted octanol–water partition coefficient (Wildman–Crippen LogP) is 1.76. The van der Waals surface area contributed by atoms with Crippen LogP contribution in [-0.2, 0) is 0 Å². The Bertz CT molecular complexity index is 676. The van der Waals surface area contributed by atoms with Gasteiger partial charge in [-0.25, -0.2) is 0 Å². The van der Waals surface area contributed by atoms with E-state index in [2.05, 4.69) is 5.32 Å². The second-order valence-electron chi connectivity index (χ2n) is 5.34. The smallest absolute Gasteiger partial charge is 0.261 e. The number of carbonyl (C=O) groups excluding carboxylic acids is 2. The Morgan fingerprint density at radius 2 is 1.59 bits per heavy atom. The van der Waals surface area contributed by atoms with E-state index in [0.717, 1.165) is 17.2 Å². The Morgan fingerprint density at radius 3 is 2.18 bits per heavy atom. The fraction of sp³-hybridized carbons (Fsp3) is 0.294. The molecule has 1 heterocycles. The molecule has 3 rings (SSSR count). The van der Waals surface area contributed by atoms with Gasteiger partial charge in [-0.15, -0.1) is 0 Å². The number of imide groups is 1. The zero-order chi connectivity index (χ0) is 15.5. The first kappa shape index (κ1) is 14.7. The molecule has 2 amide bonds. The summed E-state index contributed by atoms with van der Waals surface area (Å²) in [6.07, 6.45) is 1.51. The first-order valence-corrected chi connectivity index (χ1v) is 7.43. The molecule has 2 aromatic carbocycles. The van der Waals surface area contributed by atoms with Crippen molar-refractivity contribution in [3.05, 3.63) is 47.5 Å². The minimum absolute atomic E-state index is 0.0586. The van der Waals surface area contributed by atoms with Crippen LogP contribution in [0, 0.1) is 0 Å². The molecule has 22 heavy (non-hydrogen) atoms. The van der Waals surface area contributed by atoms with Crippen molar-refractivity contribution in [2.24, 2.45) is 0 Å². The molecule has 0 atom stereocenters. The molecule has 2 aromatic rings. The third kappa shape index (κ3) is 2.49. The highest BCUT2D eigenvalue weighted by Gasteiger charge is 2.31. The monoisotopic (exact) mass is 298 g/mol. The van der Waals surface area contributed by atoms with E-state index in [0.29, 0.717) is 30.6 Å².